The van der Waals surface area contributed by atoms with Crippen LogP contribution in [0, 0.1) is 52.3 Å². The summed E-state index contributed by atoms with van der Waals surface area (Å²) in [6.07, 6.45) is 11.5. The largest absolute Gasteiger partial charge is 0.408 e. The molecular weight excluding hydrogens is 486 g/mol. The molecule has 4 aliphatic rings. The first-order valence-corrected chi connectivity index (χ1v) is 16.8. The van der Waals surface area contributed by atoms with E-state index in [2.05, 4.69) is 48.5 Å². The fourth-order valence-electron chi connectivity index (χ4n) is 10.1. The summed E-state index contributed by atoms with van der Waals surface area (Å²) < 4.78 is 20.2. The van der Waals surface area contributed by atoms with Gasteiger partial charge in [-0.25, -0.2) is 4.21 Å². The quantitative estimate of drug-likeness (QED) is 0.427. The van der Waals surface area contributed by atoms with Crippen molar-refractivity contribution in [1.29, 1.82) is 0 Å². The highest BCUT2D eigenvalue weighted by Crippen LogP contribution is 2.69. The zero-order valence-electron chi connectivity index (χ0n) is 23.5. The van der Waals surface area contributed by atoms with Crippen molar-refractivity contribution in [3.63, 3.8) is 0 Å². The first-order chi connectivity index (χ1) is 17.4. The Kier molecular flexibility index (Phi) is 7.28. The molecule has 1 aromatic heterocycles. The summed E-state index contributed by atoms with van der Waals surface area (Å²) in [7, 11) is -2.44. The first kappa shape index (κ1) is 27.4. The van der Waals surface area contributed by atoms with Crippen LogP contribution in [0.4, 0.5) is 6.01 Å². The van der Waals surface area contributed by atoms with E-state index < -0.39 is 9.71 Å². The van der Waals surface area contributed by atoms with Gasteiger partial charge in [-0.1, -0.05) is 39.2 Å². The van der Waals surface area contributed by atoms with E-state index in [0.717, 1.165) is 32.1 Å². The van der Waals surface area contributed by atoms with Crippen LogP contribution in [0.1, 0.15) is 91.4 Å². The van der Waals surface area contributed by atoms with E-state index in [0.29, 0.717) is 53.7 Å². The second kappa shape index (κ2) is 9.81. The molecule has 12 atom stereocenters. The smallest absolute Gasteiger partial charge is 0.327 e. The average Bonchev–Trinajstić information content (AvgIpc) is 3.41. The molecule has 1 heterocycles. The Balaban J connectivity index is 1.30. The zero-order chi connectivity index (χ0) is 26.8. The third-order valence-corrected chi connectivity index (χ3v) is 12.3. The van der Waals surface area contributed by atoms with Crippen molar-refractivity contribution in [3.8, 4) is 0 Å². The second-order valence-electron chi connectivity index (χ2n) is 13.7. The Morgan fingerprint density at radius 1 is 1.11 bits per heavy atom. The molecule has 210 valence electrons. The highest BCUT2D eigenvalue weighted by atomic mass is 32.2. The van der Waals surface area contributed by atoms with Gasteiger partial charge in [-0.3, -0.25) is 4.72 Å². The van der Waals surface area contributed by atoms with Gasteiger partial charge in [-0.15, -0.1) is 5.10 Å². The molecule has 0 bridgehead atoms. The van der Waals surface area contributed by atoms with Gasteiger partial charge in [0, 0.05) is 22.4 Å². The van der Waals surface area contributed by atoms with Gasteiger partial charge in [-0.2, -0.15) is 0 Å². The summed E-state index contributed by atoms with van der Waals surface area (Å²) in [6, 6.07) is 0.176. The molecule has 5 rings (SSSR count). The summed E-state index contributed by atoms with van der Waals surface area (Å²) in [5.74, 6) is 7.57. The maximum atomic E-state index is 11.9. The van der Waals surface area contributed by atoms with Crippen LogP contribution in [-0.2, 0) is 16.1 Å². The lowest BCUT2D eigenvalue weighted by Gasteiger charge is -2.64. The molecule has 0 spiro atoms. The third kappa shape index (κ3) is 4.77. The summed E-state index contributed by atoms with van der Waals surface area (Å²) >= 11 is 0. The average molecular weight is 536 g/mol. The number of aliphatic hydroxyl groups is 2. The molecule has 0 aromatic carbocycles. The minimum Gasteiger partial charge on any atom is -0.408 e. The van der Waals surface area contributed by atoms with E-state index in [-0.39, 0.29) is 29.1 Å². The van der Waals surface area contributed by atoms with E-state index in [9.17, 15) is 14.4 Å². The van der Waals surface area contributed by atoms with Gasteiger partial charge in [0.15, 0.2) is 0 Å². The molecule has 3 N–H and O–H groups in total. The monoisotopic (exact) mass is 535 g/mol. The molecule has 1 aromatic rings. The second-order valence-corrected chi connectivity index (χ2v) is 16.0. The molecule has 0 saturated heterocycles. The molecule has 4 aliphatic carbocycles. The van der Waals surface area contributed by atoms with Crippen molar-refractivity contribution in [1.82, 2.24) is 10.2 Å². The maximum absolute atomic E-state index is 11.9. The number of anilines is 1. The topological polar surface area (TPSA) is 108 Å². The SMILES string of the molecule is C=S(C)(=O)Nc1nnc(CC[C@@H](C)[C@H]2CCC3C4C(O)[C@H](CC)[C@@H]5C[C@H](O)CC[C@]5(C)C4CC[C@@]32C)o1. The Morgan fingerprint density at radius 3 is 2.51 bits per heavy atom. The van der Waals surface area contributed by atoms with Gasteiger partial charge in [-0.05, 0) is 109 Å². The van der Waals surface area contributed by atoms with Gasteiger partial charge in [0.2, 0.25) is 5.89 Å². The van der Waals surface area contributed by atoms with Crippen LogP contribution in [0.3, 0.4) is 0 Å². The molecule has 4 fully saturated rings. The molecule has 7 nitrogen and oxygen atoms in total. The van der Waals surface area contributed by atoms with E-state index in [1.54, 1.807) is 0 Å². The predicted molar refractivity (Wildman–Crippen MR) is 148 cm³/mol. The Labute approximate surface area is 223 Å². The minimum absolute atomic E-state index is 0.176. The molecule has 37 heavy (non-hydrogen) atoms. The van der Waals surface area contributed by atoms with Crippen molar-refractivity contribution in [2.45, 2.75) is 104 Å². The lowest BCUT2D eigenvalue weighted by Crippen LogP contribution is -2.62. The van der Waals surface area contributed by atoms with Crippen molar-refractivity contribution in [3.05, 3.63) is 5.89 Å². The normalized spacial score (nSPS) is 45.8. The van der Waals surface area contributed by atoms with E-state index in [1.165, 1.54) is 31.9 Å². The molecule has 8 heteroatoms. The van der Waals surface area contributed by atoms with Crippen LogP contribution < -0.4 is 4.72 Å². The first-order valence-electron chi connectivity index (χ1n) is 14.7. The van der Waals surface area contributed by atoms with Crippen LogP contribution >= 0.6 is 0 Å². The fourth-order valence-corrected chi connectivity index (χ4v) is 10.5. The lowest BCUT2D eigenvalue weighted by molar-refractivity contribution is -0.203. The van der Waals surface area contributed by atoms with E-state index in [4.69, 9.17) is 4.42 Å². The van der Waals surface area contributed by atoms with Crippen molar-refractivity contribution < 1.29 is 18.8 Å². The van der Waals surface area contributed by atoms with Crippen molar-refractivity contribution in [2.24, 2.45) is 52.3 Å². The summed E-state index contributed by atoms with van der Waals surface area (Å²) in [4.78, 5) is 0. The number of rotatable bonds is 7. The lowest BCUT2D eigenvalue weighted by atomic mass is 9.41. The van der Waals surface area contributed by atoms with Crippen molar-refractivity contribution in [2.75, 3.05) is 11.0 Å². The van der Waals surface area contributed by atoms with Crippen LogP contribution in [0.5, 0.6) is 0 Å². The number of aliphatic hydroxyl groups excluding tert-OH is 2. The number of aryl methyl sites for hydroxylation is 1. The predicted octanol–water partition coefficient (Wildman–Crippen LogP) is 4.94. The summed E-state index contributed by atoms with van der Waals surface area (Å²) in [5, 5.41) is 30.5. The Hall–Kier alpha value is -1.12. The van der Waals surface area contributed by atoms with E-state index >= 15 is 0 Å². The van der Waals surface area contributed by atoms with Gasteiger partial charge in [0.25, 0.3) is 0 Å². The maximum Gasteiger partial charge on any atom is 0.327 e. The molecule has 0 radical (unpaired) electrons. The number of fused-ring (bicyclic) bond motifs is 5. The summed E-state index contributed by atoms with van der Waals surface area (Å²) in [6.45, 7) is 9.65. The number of nitrogens with one attached hydrogen (secondary N) is 1. The van der Waals surface area contributed by atoms with Gasteiger partial charge in [0.05, 0.1) is 12.2 Å². The molecule has 5 unspecified atom stereocenters. The fraction of sp³-hybridized carbons (Fsp3) is 0.897. The minimum atomic E-state index is -2.44. The number of nitrogens with zero attached hydrogens (tertiary/aromatic N) is 2. The standard InChI is InChI=1S/C29H49N3O4S/c1-7-19-23-16-18(33)12-14-29(23,4)22-13-15-28(3)20(9-10-21(28)25(22)26(19)34)17(2)8-11-24-30-31-27(36-24)32-37(5,6)35/h17-23,25-26,33-34H,5,7-16H2,1-4,6H3,(H,31,32,35)/t17-,18-,19-,20-,21?,22?,23+,25?,26?,28-,29-,37?/m1/s1. The van der Waals surface area contributed by atoms with Crippen LogP contribution in [-0.4, -0.2) is 49.0 Å². The number of hydrogen-bond donors (Lipinski definition) is 3. The molecule has 0 aliphatic heterocycles. The Morgan fingerprint density at radius 2 is 1.81 bits per heavy atom. The molecule has 4 saturated carbocycles. The highest BCUT2D eigenvalue weighted by Gasteiger charge is 2.64. The van der Waals surface area contributed by atoms with Gasteiger partial charge in [0.1, 0.15) is 0 Å². The zero-order valence-corrected chi connectivity index (χ0v) is 24.3. The van der Waals surface area contributed by atoms with Crippen LogP contribution in [0.25, 0.3) is 0 Å². The molecule has 0 amide bonds. The van der Waals surface area contributed by atoms with Crippen molar-refractivity contribution >= 4 is 21.6 Å². The highest BCUT2D eigenvalue weighted by molar-refractivity contribution is 8.00. The van der Waals surface area contributed by atoms with Gasteiger partial charge < -0.3 is 14.6 Å². The number of hydrogen-bond acceptors (Lipinski definition) is 6. The number of aromatic nitrogens is 2. The van der Waals surface area contributed by atoms with Crippen LogP contribution in [0.2, 0.25) is 0 Å². The summed E-state index contributed by atoms with van der Waals surface area (Å²) in [5.41, 5.74) is 0.495. The third-order valence-electron chi connectivity index (χ3n) is 11.7. The van der Waals surface area contributed by atoms with E-state index in [1.807, 2.05) is 0 Å². The van der Waals surface area contributed by atoms with Gasteiger partial charge >= 0.3 is 6.01 Å². The van der Waals surface area contributed by atoms with Crippen LogP contribution in [0.15, 0.2) is 4.42 Å². The Bertz CT molecular complexity index is 1070. The molecular formula is C29H49N3O4S.